The van der Waals surface area contributed by atoms with Gasteiger partial charge < -0.3 is 15.6 Å². The third-order valence-electron chi connectivity index (χ3n) is 2.64. The summed E-state index contributed by atoms with van der Waals surface area (Å²) in [6.07, 6.45) is 0. The van der Waals surface area contributed by atoms with Crippen LogP contribution >= 0.6 is 0 Å². The molecule has 2 aromatic rings. The first-order valence-corrected chi connectivity index (χ1v) is 7.17. The van der Waals surface area contributed by atoms with E-state index >= 15 is 0 Å². The predicted octanol–water partition coefficient (Wildman–Crippen LogP) is 1.78. The summed E-state index contributed by atoms with van der Waals surface area (Å²) in [7, 11) is -2.70. The first-order valence-electron chi connectivity index (χ1n) is 5.69. The van der Waals surface area contributed by atoms with Gasteiger partial charge in [-0.1, -0.05) is 18.2 Å². The number of nitrogens with two attached hydrogens (primary N) is 1. The van der Waals surface area contributed by atoms with Crippen LogP contribution in [0.25, 0.3) is 0 Å². The van der Waals surface area contributed by atoms with E-state index in [1.54, 1.807) is 30.3 Å². The van der Waals surface area contributed by atoms with Crippen molar-refractivity contribution in [3.63, 3.8) is 0 Å². The maximum absolute atomic E-state index is 12.3. The van der Waals surface area contributed by atoms with Crippen molar-refractivity contribution in [1.29, 1.82) is 0 Å². The number of anilines is 2. The van der Waals surface area contributed by atoms with Crippen molar-refractivity contribution in [2.45, 2.75) is 4.90 Å². The van der Waals surface area contributed by atoms with Gasteiger partial charge in [-0.25, -0.2) is 8.42 Å². The highest BCUT2D eigenvalue weighted by molar-refractivity contribution is 7.93. The van der Waals surface area contributed by atoms with Gasteiger partial charge in [-0.05, 0) is 24.3 Å². The molecule has 0 bridgehead atoms. The fourth-order valence-corrected chi connectivity index (χ4v) is 3.04. The summed E-state index contributed by atoms with van der Waals surface area (Å²) in [6.45, 7) is 0. The topological polar surface area (TPSA) is 102 Å². The minimum Gasteiger partial charge on any atom is -0.504 e. The van der Waals surface area contributed by atoms with Crippen molar-refractivity contribution in [2.75, 3.05) is 17.6 Å². The lowest BCUT2D eigenvalue weighted by molar-refractivity contribution is 0.389. The van der Waals surface area contributed by atoms with Crippen LogP contribution in [0.2, 0.25) is 0 Å². The van der Waals surface area contributed by atoms with E-state index < -0.39 is 15.8 Å². The molecule has 0 aliphatic rings. The van der Waals surface area contributed by atoms with Crippen LogP contribution in [-0.4, -0.2) is 20.6 Å². The van der Waals surface area contributed by atoms with E-state index in [1.807, 2.05) is 0 Å². The first-order chi connectivity index (χ1) is 9.45. The van der Waals surface area contributed by atoms with Gasteiger partial charge in [-0.15, -0.1) is 0 Å². The molecule has 0 unspecified atom stereocenters. The Morgan fingerprint density at radius 3 is 2.40 bits per heavy atom. The number of hydrogen-bond acceptors (Lipinski definition) is 5. The van der Waals surface area contributed by atoms with Crippen molar-refractivity contribution in [1.82, 2.24) is 0 Å². The van der Waals surface area contributed by atoms with Gasteiger partial charge in [-0.3, -0.25) is 4.72 Å². The van der Waals surface area contributed by atoms with Gasteiger partial charge in [0.1, 0.15) is 5.75 Å². The highest BCUT2D eigenvalue weighted by Gasteiger charge is 2.25. The molecule has 0 aliphatic carbocycles. The number of aromatic hydroxyl groups is 1. The third-order valence-corrected chi connectivity index (χ3v) is 4.08. The van der Waals surface area contributed by atoms with Crippen LogP contribution in [0.1, 0.15) is 0 Å². The Hall–Kier alpha value is -2.41. The van der Waals surface area contributed by atoms with Crippen LogP contribution in [0.3, 0.4) is 0 Å². The number of methoxy groups -OCH3 is 1. The van der Waals surface area contributed by atoms with E-state index in [1.165, 1.54) is 19.2 Å². The van der Waals surface area contributed by atoms with E-state index in [9.17, 15) is 13.5 Å². The standard InChI is InChI=1S/C13H14N2O4S/c1-19-11-8-7-10(14)12(16)13(11)20(17,18)15-9-5-3-2-4-6-9/h2-8,15-16H,14H2,1H3. The van der Waals surface area contributed by atoms with Gasteiger partial charge >= 0.3 is 0 Å². The highest BCUT2D eigenvalue weighted by Crippen LogP contribution is 2.37. The average molecular weight is 294 g/mol. The lowest BCUT2D eigenvalue weighted by Gasteiger charge is -2.14. The fourth-order valence-electron chi connectivity index (χ4n) is 1.70. The third kappa shape index (κ3) is 2.62. The second kappa shape index (κ2) is 5.30. The maximum Gasteiger partial charge on any atom is 0.269 e. The van der Waals surface area contributed by atoms with E-state index in [0.717, 1.165) is 0 Å². The predicted molar refractivity (Wildman–Crippen MR) is 76.3 cm³/mol. The van der Waals surface area contributed by atoms with Crippen LogP contribution in [0.4, 0.5) is 11.4 Å². The number of nitrogens with one attached hydrogen (secondary N) is 1. The summed E-state index contributed by atoms with van der Waals surface area (Å²) in [6, 6.07) is 11.1. The monoisotopic (exact) mass is 294 g/mol. The van der Waals surface area contributed by atoms with E-state index in [0.29, 0.717) is 5.69 Å². The quantitative estimate of drug-likeness (QED) is 0.589. The van der Waals surface area contributed by atoms with Gasteiger partial charge in [0.15, 0.2) is 10.6 Å². The van der Waals surface area contributed by atoms with Crippen LogP contribution < -0.4 is 15.2 Å². The molecule has 0 heterocycles. The number of benzene rings is 2. The average Bonchev–Trinajstić information content (AvgIpc) is 2.42. The van der Waals surface area contributed by atoms with Gasteiger partial charge in [0.05, 0.1) is 12.8 Å². The van der Waals surface area contributed by atoms with Crippen molar-refractivity contribution >= 4 is 21.4 Å². The number of phenols is 1. The summed E-state index contributed by atoms with van der Waals surface area (Å²) in [5, 5.41) is 9.90. The molecule has 0 radical (unpaired) electrons. The van der Waals surface area contributed by atoms with Crippen LogP contribution in [-0.2, 0) is 10.0 Å². The Kier molecular flexibility index (Phi) is 3.71. The van der Waals surface area contributed by atoms with Crippen molar-refractivity contribution in [3.05, 3.63) is 42.5 Å². The molecule has 0 fully saturated rings. The highest BCUT2D eigenvalue weighted by atomic mass is 32.2. The molecule has 7 heteroatoms. The number of para-hydroxylation sites is 1. The summed E-state index contributed by atoms with van der Waals surface area (Å²) < 4.78 is 32.0. The number of ether oxygens (including phenoxy) is 1. The number of hydrogen-bond donors (Lipinski definition) is 3. The maximum atomic E-state index is 12.3. The first kappa shape index (κ1) is 14.0. The van der Waals surface area contributed by atoms with Gasteiger partial charge in [0.25, 0.3) is 10.0 Å². The molecule has 0 aromatic heterocycles. The minimum atomic E-state index is -4.01. The molecule has 0 spiro atoms. The van der Waals surface area contributed by atoms with Crippen molar-refractivity contribution in [3.8, 4) is 11.5 Å². The zero-order valence-corrected chi connectivity index (χ0v) is 11.5. The molecular formula is C13H14N2O4S. The van der Waals surface area contributed by atoms with Crippen molar-refractivity contribution in [2.24, 2.45) is 0 Å². The fraction of sp³-hybridized carbons (Fsp3) is 0.0769. The SMILES string of the molecule is COc1ccc(N)c(O)c1S(=O)(=O)Nc1ccccc1. The molecule has 20 heavy (non-hydrogen) atoms. The normalized spacial score (nSPS) is 11.1. The summed E-state index contributed by atoms with van der Waals surface area (Å²) in [5.74, 6) is -0.520. The molecule has 0 amide bonds. The van der Waals surface area contributed by atoms with Crippen molar-refractivity contribution < 1.29 is 18.3 Å². The lowest BCUT2D eigenvalue weighted by Crippen LogP contribution is -2.14. The van der Waals surface area contributed by atoms with Gasteiger partial charge in [-0.2, -0.15) is 0 Å². The molecule has 6 nitrogen and oxygen atoms in total. The molecular weight excluding hydrogens is 280 g/mol. The van der Waals surface area contributed by atoms with E-state index in [4.69, 9.17) is 10.5 Å². The van der Waals surface area contributed by atoms with Crippen LogP contribution in [0, 0.1) is 0 Å². The van der Waals surface area contributed by atoms with Gasteiger partial charge in [0.2, 0.25) is 0 Å². The smallest absolute Gasteiger partial charge is 0.269 e. The lowest BCUT2D eigenvalue weighted by atomic mass is 10.3. The number of sulfonamides is 1. The molecule has 106 valence electrons. The zero-order chi connectivity index (χ0) is 14.8. The molecule has 0 aliphatic heterocycles. The Morgan fingerprint density at radius 2 is 1.80 bits per heavy atom. The molecule has 4 N–H and O–H groups in total. The Morgan fingerprint density at radius 1 is 1.15 bits per heavy atom. The summed E-state index contributed by atoms with van der Waals surface area (Å²) in [5.41, 5.74) is 5.87. The largest absolute Gasteiger partial charge is 0.504 e. The Labute approximate surface area is 116 Å². The molecule has 0 atom stereocenters. The Bertz CT molecular complexity index is 715. The summed E-state index contributed by atoms with van der Waals surface area (Å²) >= 11 is 0. The zero-order valence-electron chi connectivity index (χ0n) is 10.7. The van der Waals surface area contributed by atoms with Crippen LogP contribution in [0.15, 0.2) is 47.4 Å². The minimum absolute atomic E-state index is 0.0140. The molecule has 2 rings (SSSR count). The summed E-state index contributed by atoms with van der Waals surface area (Å²) in [4.78, 5) is -0.385. The molecule has 2 aromatic carbocycles. The van der Waals surface area contributed by atoms with E-state index in [-0.39, 0.29) is 16.3 Å². The van der Waals surface area contributed by atoms with Gasteiger partial charge in [0, 0.05) is 5.69 Å². The molecule has 0 saturated heterocycles. The second-order valence-electron chi connectivity index (χ2n) is 4.01. The number of nitrogen functional groups attached to an aromatic ring is 1. The number of rotatable bonds is 4. The van der Waals surface area contributed by atoms with E-state index in [2.05, 4.69) is 4.72 Å². The number of phenolic OH excluding ortho intramolecular Hbond substituents is 1. The van der Waals surface area contributed by atoms with Crippen LogP contribution in [0.5, 0.6) is 11.5 Å². The Balaban J connectivity index is 2.52. The molecule has 0 saturated carbocycles. The second-order valence-corrected chi connectivity index (χ2v) is 5.63.